The Balaban J connectivity index is 1.56. The molecule has 0 amide bonds. The molecular weight excluding hydrogens is 443 g/mol. The van der Waals surface area contributed by atoms with Gasteiger partial charge in [-0.2, -0.15) is 13.2 Å². The molecule has 180 valence electrons. The molecule has 34 heavy (non-hydrogen) atoms. The number of aromatic nitrogens is 3. The second-order valence-electron chi connectivity index (χ2n) is 8.77. The van der Waals surface area contributed by atoms with Crippen LogP contribution in [0.4, 0.5) is 19.0 Å². The molecule has 1 aliphatic heterocycles. The van der Waals surface area contributed by atoms with Crippen molar-refractivity contribution in [3.8, 4) is 11.4 Å². The monoisotopic (exact) mass is 471 g/mol. The number of aliphatic hydroxyl groups is 1. The minimum absolute atomic E-state index is 0.0429. The van der Waals surface area contributed by atoms with E-state index in [4.69, 9.17) is 0 Å². The van der Waals surface area contributed by atoms with Crippen molar-refractivity contribution in [2.75, 3.05) is 18.4 Å². The topological polar surface area (TPSA) is 74.2 Å². The molecular formula is C25H28F3N5O. The third-order valence-corrected chi connectivity index (χ3v) is 6.35. The molecule has 3 atom stereocenters. The number of rotatable bonds is 6. The van der Waals surface area contributed by atoms with Gasteiger partial charge in [0.25, 0.3) is 0 Å². The Kier molecular flexibility index (Phi) is 7.13. The van der Waals surface area contributed by atoms with Crippen LogP contribution in [0.3, 0.4) is 0 Å². The molecule has 0 spiro atoms. The van der Waals surface area contributed by atoms with Gasteiger partial charge in [-0.3, -0.25) is 4.90 Å². The molecule has 2 N–H and O–H groups in total. The minimum atomic E-state index is -4.42. The van der Waals surface area contributed by atoms with Crippen molar-refractivity contribution in [2.24, 2.45) is 5.92 Å². The number of aliphatic hydroxyl groups excluding tert-OH is 1. The van der Waals surface area contributed by atoms with E-state index >= 15 is 0 Å². The number of hydrogen-bond donors (Lipinski definition) is 2. The predicted octanol–water partition coefficient (Wildman–Crippen LogP) is 5.07. The largest absolute Gasteiger partial charge is 0.417 e. The first kappa shape index (κ1) is 24.1. The fourth-order valence-electron chi connectivity index (χ4n) is 4.48. The van der Waals surface area contributed by atoms with Gasteiger partial charge in [-0.1, -0.05) is 24.6 Å². The Morgan fingerprint density at radius 2 is 1.91 bits per heavy atom. The number of likely N-dealkylation sites (tertiary alicyclic amines) is 1. The van der Waals surface area contributed by atoms with Gasteiger partial charge < -0.3 is 10.4 Å². The number of benzene rings is 1. The van der Waals surface area contributed by atoms with E-state index in [2.05, 4.69) is 27.2 Å². The lowest BCUT2D eigenvalue weighted by Gasteiger charge is -2.43. The summed E-state index contributed by atoms with van der Waals surface area (Å²) in [5.41, 5.74) is 1.76. The molecule has 0 radical (unpaired) electrons. The highest BCUT2D eigenvalue weighted by Gasteiger charge is 2.34. The molecule has 1 aromatic carbocycles. The molecule has 0 bridgehead atoms. The van der Waals surface area contributed by atoms with Gasteiger partial charge >= 0.3 is 6.18 Å². The molecule has 2 unspecified atom stereocenters. The van der Waals surface area contributed by atoms with E-state index in [0.717, 1.165) is 41.8 Å². The van der Waals surface area contributed by atoms with Crippen LogP contribution < -0.4 is 5.32 Å². The van der Waals surface area contributed by atoms with Crippen molar-refractivity contribution in [3.63, 3.8) is 0 Å². The number of halogens is 3. The lowest BCUT2D eigenvalue weighted by atomic mass is 9.89. The average molecular weight is 472 g/mol. The van der Waals surface area contributed by atoms with Crippen LogP contribution in [-0.2, 0) is 6.18 Å². The molecule has 3 aromatic rings. The minimum Gasteiger partial charge on any atom is -0.374 e. The third-order valence-electron chi connectivity index (χ3n) is 6.35. The zero-order valence-electron chi connectivity index (χ0n) is 19.1. The number of anilines is 1. The van der Waals surface area contributed by atoms with Gasteiger partial charge in [-0.05, 0) is 49.9 Å². The van der Waals surface area contributed by atoms with Gasteiger partial charge in [-0.25, -0.2) is 15.0 Å². The van der Waals surface area contributed by atoms with Crippen molar-refractivity contribution < 1.29 is 18.3 Å². The number of aryl methyl sites for hydroxylation is 1. The number of hydrogen-bond acceptors (Lipinski definition) is 6. The molecule has 2 aromatic heterocycles. The summed E-state index contributed by atoms with van der Waals surface area (Å²) < 4.78 is 38.5. The Bertz CT molecular complexity index is 1090. The van der Waals surface area contributed by atoms with E-state index in [1.165, 1.54) is 6.07 Å². The number of alkyl halides is 3. The van der Waals surface area contributed by atoms with E-state index in [9.17, 15) is 18.3 Å². The third kappa shape index (κ3) is 5.37. The van der Waals surface area contributed by atoms with Crippen molar-refractivity contribution in [2.45, 2.75) is 45.1 Å². The summed E-state index contributed by atoms with van der Waals surface area (Å²) in [6, 6.07) is 9.90. The van der Waals surface area contributed by atoms with Crippen molar-refractivity contribution in [3.05, 3.63) is 71.7 Å². The second-order valence-corrected chi connectivity index (χ2v) is 8.77. The van der Waals surface area contributed by atoms with E-state index in [1.54, 1.807) is 18.5 Å². The zero-order valence-corrected chi connectivity index (χ0v) is 19.1. The Hall–Kier alpha value is -3.04. The first-order valence-electron chi connectivity index (χ1n) is 11.3. The van der Waals surface area contributed by atoms with Crippen LogP contribution in [0.15, 0.2) is 55.0 Å². The fourth-order valence-corrected chi connectivity index (χ4v) is 4.48. The Morgan fingerprint density at radius 3 is 2.59 bits per heavy atom. The van der Waals surface area contributed by atoms with Crippen LogP contribution in [-0.4, -0.2) is 44.1 Å². The average Bonchev–Trinajstić information content (AvgIpc) is 2.83. The summed E-state index contributed by atoms with van der Waals surface area (Å²) in [6.07, 6.45) is 0.821. The fraction of sp³-hybridized carbons (Fsp3) is 0.400. The summed E-state index contributed by atoms with van der Waals surface area (Å²) in [4.78, 5) is 14.7. The van der Waals surface area contributed by atoms with Crippen LogP contribution in [0.5, 0.6) is 0 Å². The quantitative estimate of drug-likeness (QED) is 0.523. The maximum absolute atomic E-state index is 12.8. The first-order valence-corrected chi connectivity index (χ1v) is 11.3. The highest BCUT2D eigenvalue weighted by Crippen LogP contribution is 2.35. The SMILES string of the molecule is Cc1ccc(C(O)N2CCC[C@@H](C)C2CNc2ccc(C(F)(F)F)cn2)c(-c2ncccn2)c1. The summed E-state index contributed by atoms with van der Waals surface area (Å²) in [7, 11) is 0. The van der Waals surface area contributed by atoms with Crippen molar-refractivity contribution >= 4 is 5.82 Å². The second kappa shape index (κ2) is 10.1. The molecule has 6 nitrogen and oxygen atoms in total. The lowest BCUT2D eigenvalue weighted by Crippen LogP contribution is -2.49. The van der Waals surface area contributed by atoms with Gasteiger partial charge in [0.2, 0.25) is 0 Å². The maximum atomic E-state index is 12.8. The normalized spacial score (nSPS) is 20.2. The van der Waals surface area contributed by atoms with E-state index in [1.807, 2.05) is 30.0 Å². The molecule has 1 fully saturated rings. The van der Waals surface area contributed by atoms with Crippen molar-refractivity contribution in [1.82, 2.24) is 19.9 Å². The molecule has 1 saturated heterocycles. The van der Waals surface area contributed by atoms with Gasteiger partial charge in [-0.15, -0.1) is 0 Å². The van der Waals surface area contributed by atoms with Crippen LogP contribution in [0, 0.1) is 12.8 Å². The summed E-state index contributed by atoms with van der Waals surface area (Å²) in [5, 5.41) is 14.7. The predicted molar refractivity (Wildman–Crippen MR) is 124 cm³/mol. The van der Waals surface area contributed by atoms with E-state index in [-0.39, 0.29) is 12.0 Å². The van der Waals surface area contributed by atoms with Gasteiger partial charge in [0.05, 0.1) is 5.56 Å². The van der Waals surface area contributed by atoms with Gasteiger partial charge in [0.15, 0.2) is 5.82 Å². The van der Waals surface area contributed by atoms with Crippen LogP contribution >= 0.6 is 0 Å². The first-order chi connectivity index (χ1) is 16.2. The van der Waals surface area contributed by atoms with Gasteiger partial charge in [0, 0.05) is 48.8 Å². The summed E-state index contributed by atoms with van der Waals surface area (Å²) in [6.45, 7) is 5.25. The highest BCUT2D eigenvalue weighted by molar-refractivity contribution is 5.61. The molecule has 0 aliphatic carbocycles. The summed E-state index contributed by atoms with van der Waals surface area (Å²) >= 11 is 0. The van der Waals surface area contributed by atoms with E-state index in [0.29, 0.717) is 24.7 Å². The Labute approximate surface area is 196 Å². The Morgan fingerprint density at radius 1 is 1.15 bits per heavy atom. The summed E-state index contributed by atoms with van der Waals surface area (Å²) in [5.74, 6) is 1.19. The molecule has 3 heterocycles. The molecule has 9 heteroatoms. The van der Waals surface area contributed by atoms with Crippen LogP contribution in [0.1, 0.15) is 42.7 Å². The number of nitrogens with one attached hydrogen (secondary N) is 1. The maximum Gasteiger partial charge on any atom is 0.417 e. The molecule has 1 aliphatic rings. The van der Waals surface area contributed by atoms with Crippen molar-refractivity contribution in [1.29, 1.82) is 0 Å². The smallest absolute Gasteiger partial charge is 0.374 e. The lowest BCUT2D eigenvalue weighted by molar-refractivity contribution is -0.137. The number of nitrogens with zero attached hydrogens (tertiary/aromatic N) is 4. The highest BCUT2D eigenvalue weighted by atomic mass is 19.4. The number of pyridine rings is 1. The van der Waals surface area contributed by atoms with Gasteiger partial charge in [0.1, 0.15) is 12.0 Å². The number of piperidine rings is 1. The van der Waals surface area contributed by atoms with E-state index < -0.39 is 18.0 Å². The standard InChI is InChI=1S/C25H28F3N5O/c1-16-6-8-19(20(13-16)23-29-10-4-11-30-23)24(34)33-12-3-5-17(2)21(33)15-32-22-9-7-18(14-31-22)25(26,27)28/h4,6-11,13-14,17,21,24,34H,3,5,12,15H2,1-2H3,(H,31,32)/t17-,21?,24?/m1/s1. The molecule has 0 saturated carbocycles. The van der Waals surface area contributed by atoms with Crippen LogP contribution in [0.2, 0.25) is 0 Å². The zero-order chi connectivity index (χ0) is 24.3. The molecule has 4 rings (SSSR count). The van der Waals surface area contributed by atoms with Crippen LogP contribution in [0.25, 0.3) is 11.4 Å².